The van der Waals surface area contributed by atoms with Gasteiger partial charge in [0, 0.05) is 13.1 Å². The van der Waals surface area contributed by atoms with Crippen LogP contribution >= 0.6 is 45.2 Å². The van der Waals surface area contributed by atoms with E-state index in [-0.39, 0.29) is 42.1 Å². The first-order chi connectivity index (χ1) is 6.07. The molecule has 0 unspecified atom stereocenters. The molecule has 15 heavy (non-hydrogen) atoms. The van der Waals surface area contributed by atoms with Crippen LogP contribution in [0, 0.1) is 7.14 Å². The van der Waals surface area contributed by atoms with Gasteiger partial charge in [-0.2, -0.15) is 0 Å². The zero-order chi connectivity index (χ0) is 10.3. The van der Waals surface area contributed by atoms with E-state index in [4.69, 9.17) is 0 Å². The predicted molar refractivity (Wildman–Crippen MR) is 72.2 cm³/mol. The van der Waals surface area contributed by atoms with E-state index in [2.05, 4.69) is 57.3 Å². The smallest absolute Gasteiger partial charge is 0.550 e. The van der Waals surface area contributed by atoms with Crippen LogP contribution in [0.4, 0.5) is 0 Å². The molecule has 0 aliphatic carbocycles. The number of halogens is 2. The van der Waals surface area contributed by atoms with Crippen LogP contribution in [-0.2, 0) is 4.79 Å². The molecular formula is C9H12I2NNaO2. The number of carboxylic acid groups (broad SMARTS) is 1. The normalized spacial score (nSPS) is 7.40. The molecule has 0 saturated heterocycles. The molecule has 0 amide bonds. The van der Waals surface area contributed by atoms with E-state index in [1.807, 2.05) is 12.1 Å². The first kappa shape index (κ1) is 21.4. The van der Waals surface area contributed by atoms with Crippen LogP contribution in [0.1, 0.15) is 13.3 Å². The summed E-state index contributed by atoms with van der Waals surface area (Å²) in [4.78, 5) is 9.26. The molecule has 0 aliphatic heterocycles. The standard InChI is InChI=1S/C6H4I2.C3H6O2.H3N.Na/c7-5-3-1-2-4-6(5)8;1-2-3(4)5;;/h1-4H;2H2,1H3,(H,4,5);1H3;/q;;;+1/p-1. The molecule has 80 valence electrons. The molecule has 1 rings (SSSR count). The fourth-order valence-electron chi connectivity index (χ4n) is 0.439. The molecule has 3 N–H and O–H groups in total. The number of hydrogen-bond acceptors (Lipinski definition) is 3. The first-order valence-electron chi connectivity index (χ1n) is 3.67. The molecule has 1 aromatic carbocycles. The molecule has 0 aromatic heterocycles. The molecule has 0 spiro atoms. The summed E-state index contributed by atoms with van der Waals surface area (Å²) < 4.78 is 2.65. The summed E-state index contributed by atoms with van der Waals surface area (Å²) in [6.45, 7) is 1.54. The molecule has 0 radical (unpaired) electrons. The number of hydrogen-bond donors (Lipinski definition) is 1. The van der Waals surface area contributed by atoms with Crippen molar-refractivity contribution in [3.8, 4) is 0 Å². The van der Waals surface area contributed by atoms with E-state index in [1.165, 1.54) is 14.1 Å². The summed E-state index contributed by atoms with van der Waals surface area (Å²) in [5, 5.41) is 9.26. The quantitative estimate of drug-likeness (QED) is 0.457. The zero-order valence-electron chi connectivity index (χ0n) is 8.80. The summed E-state index contributed by atoms with van der Waals surface area (Å²) in [5.41, 5.74) is 0. The summed E-state index contributed by atoms with van der Waals surface area (Å²) in [6, 6.07) is 8.29. The molecule has 0 saturated carbocycles. The fraction of sp³-hybridized carbons (Fsp3) is 0.222. The van der Waals surface area contributed by atoms with Gasteiger partial charge in [0.1, 0.15) is 0 Å². The fourth-order valence-corrected chi connectivity index (χ4v) is 1.21. The second kappa shape index (κ2) is 13.2. The van der Waals surface area contributed by atoms with Crippen molar-refractivity contribution in [2.24, 2.45) is 0 Å². The van der Waals surface area contributed by atoms with Gasteiger partial charge in [0.15, 0.2) is 0 Å². The van der Waals surface area contributed by atoms with E-state index in [1.54, 1.807) is 0 Å². The van der Waals surface area contributed by atoms with Gasteiger partial charge in [-0.25, -0.2) is 0 Å². The largest absolute Gasteiger partial charge is 1.00 e. The summed E-state index contributed by atoms with van der Waals surface area (Å²) >= 11 is 4.63. The van der Waals surface area contributed by atoms with Gasteiger partial charge in [0.2, 0.25) is 0 Å². The Balaban J connectivity index is -0.000000185. The average Bonchev–Trinajstić information content (AvgIpc) is 2.11. The Hall–Kier alpha value is 1.11. The van der Waals surface area contributed by atoms with Crippen LogP contribution in [0.2, 0.25) is 0 Å². The van der Waals surface area contributed by atoms with E-state index in [0.29, 0.717) is 0 Å². The van der Waals surface area contributed by atoms with Crippen LogP contribution in [0.3, 0.4) is 0 Å². The Labute approximate surface area is 140 Å². The molecule has 1 aromatic rings. The van der Waals surface area contributed by atoms with Crippen molar-refractivity contribution in [3.63, 3.8) is 0 Å². The maximum atomic E-state index is 9.26. The number of benzene rings is 1. The van der Waals surface area contributed by atoms with Crippen molar-refractivity contribution in [1.82, 2.24) is 6.15 Å². The zero-order valence-corrected chi connectivity index (χ0v) is 15.1. The molecule has 6 heteroatoms. The topological polar surface area (TPSA) is 75.1 Å². The summed E-state index contributed by atoms with van der Waals surface area (Å²) in [6.07, 6.45) is 0.111. The first-order valence-corrected chi connectivity index (χ1v) is 5.83. The SMILES string of the molecule is CCC(=O)[O-].Ic1ccccc1I.N.[Na+]. The van der Waals surface area contributed by atoms with Crippen molar-refractivity contribution in [1.29, 1.82) is 0 Å². The summed E-state index contributed by atoms with van der Waals surface area (Å²) in [5.74, 6) is -0.995. The number of rotatable bonds is 1. The maximum Gasteiger partial charge on any atom is 1.00 e. The van der Waals surface area contributed by atoms with Gasteiger partial charge in [0.05, 0.1) is 0 Å². The number of carboxylic acids is 1. The second-order valence-corrected chi connectivity index (χ2v) is 4.46. The van der Waals surface area contributed by atoms with Crippen LogP contribution < -0.4 is 40.8 Å². The van der Waals surface area contributed by atoms with Crippen molar-refractivity contribution >= 4 is 51.2 Å². The number of carbonyl (C=O) groups is 1. The molecule has 0 bridgehead atoms. The van der Waals surface area contributed by atoms with E-state index < -0.39 is 5.97 Å². The third-order valence-corrected chi connectivity index (χ3v) is 4.03. The van der Waals surface area contributed by atoms with Crippen molar-refractivity contribution in [2.45, 2.75) is 13.3 Å². The Bertz CT molecular complexity index is 264. The third kappa shape index (κ3) is 13.0. The molecule has 0 fully saturated rings. The predicted octanol–water partition coefficient (Wildman–Crippen LogP) is -0.792. The minimum Gasteiger partial charge on any atom is -0.550 e. The minimum atomic E-state index is -0.995. The van der Waals surface area contributed by atoms with Crippen molar-refractivity contribution < 1.29 is 39.5 Å². The van der Waals surface area contributed by atoms with Crippen LogP contribution in [-0.4, -0.2) is 5.97 Å². The van der Waals surface area contributed by atoms with E-state index in [9.17, 15) is 9.90 Å². The van der Waals surface area contributed by atoms with Gasteiger partial charge in [0.25, 0.3) is 0 Å². The van der Waals surface area contributed by atoms with Crippen molar-refractivity contribution in [3.05, 3.63) is 31.4 Å². The molecular weight excluding hydrogens is 431 g/mol. The molecule has 0 aliphatic rings. The van der Waals surface area contributed by atoms with Gasteiger partial charge in [-0.1, -0.05) is 19.1 Å². The van der Waals surface area contributed by atoms with Gasteiger partial charge in [-0.05, 0) is 63.7 Å². The Morgan fingerprint density at radius 1 is 1.27 bits per heavy atom. The van der Waals surface area contributed by atoms with Crippen LogP contribution in [0.25, 0.3) is 0 Å². The van der Waals surface area contributed by atoms with Crippen molar-refractivity contribution in [2.75, 3.05) is 0 Å². The second-order valence-electron chi connectivity index (χ2n) is 2.14. The molecule has 0 heterocycles. The van der Waals surface area contributed by atoms with Gasteiger partial charge < -0.3 is 16.1 Å². The minimum absolute atomic E-state index is 0. The number of aliphatic carboxylic acids is 1. The van der Waals surface area contributed by atoms with Gasteiger partial charge >= 0.3 is 29.6 Å². The Morgan fingerprint density at radius 2 is 1.53 bits per heavy atom. The van der Waals surface area contributed by atoms with E-state index >= 15 is 0 Å². The van der Waals surface area contributed by atoms with Gasteiger partial charge in [-0.15, -0.1) is 0 Å². The summed E-state index contributed by atoms with van der Waals surface area (Å²) in [7, 11) is 0. The van der Waals surface area contributed by atoms with Gasteiger partial charge in [-0.3, -0.25) is 0 Å². The Morgan fingerprint density at radius 3 is 1.67 bits per heavy atom. The average molecular weight is 443 g/mol. The third-order valence-electron chi connectivity index (χ3n) is 1.11. The van der Waals surface area contributed by atoms with Crippen LogP contribution in [0.15, 0.2) is 24.3 Å². The Kier molecular flexibility index (Phi) is 18.8. The maximum absolute atomic E-state index is 9.26. The van der Waals surface area contributed by atoms with E-state index in [0.717, 1.165) is 0 Å². The molecule has 0 atom stereocenters. The van der Waals surface area contributed by atoms with Crippen LogP contribution in [0.5, 0.6) is 0 Å². The monoisotopic (exact) mass is 443 g/mol. The molecule has 3 nitrogen and oxygen atoms in total. The number of carbonyl (C=O) groups excluding carboxylic acids is 1.